The number of benzene rings is 2. The van der Waals surface area contributed by atoms with E-state index in [1.165, 1.54) is 24.3 Å². The van der Waals surface area contributed by atoms with Crippen LogP contribution in [0.15, 0.2) is 30.3 Å². The van der Waals surface area contributed by atoms with Gasteiger partial charge < -0.3 is 10.5 Å². The molecule has 0 saturated heterocycles. The third kappa shape index (κ3) is 3.76. The summed E-state index contributed by atoms with van der Waals surface area (Å²) in [4.78, 5) is 0. The van der Waals surface area contributed by atoms with E-state index in [1.54, 1.807) is 6.07 Å². The van der Waals surface area contributed by atoms with Gasteiger partial charge in [0.2, 0.25) is 0 Å². The van der Waals surface area contributed by atoms with Gasteiger partial charge in [0.15, 0.2) is 0 Å². The van der Waals surface area contributed by atoms with Gasteiger partial charge in [-0.15, -0.1) is 0 Å². The molecule has 6 heteroatoms. The first-order chi connectivity index (χ1) is 9.49. The second kappa shape index (κ2) is 6.64. The van der Waals surface area contributed by atoms with Crippen molar-refractivity contribution in [3.05, 3.63) is 56.8 Å². The normalized spacial score (nSPS) is 10.7. The van der Waals surface area contributed by atoms with Crippen LogP contribution in [0.5, 0.6) is 11.5 Å². The molecule has 2 aromatic rings. The molecule has 0 radical (unpaired) electrons. The fraction of sp³-hybridized carbons (Fsp3) is 0.143. The van der Waals surface area contributed by atoms with E-state index in [1.807, 2.05) is 0 Å². The molecule has 0 atom stereocenters. The highest BCUT2D eigenvalue weighted by Crippen LogP contribution is 2.36. The quantitative estimate of drug-likeness (QED) is 0.791. The zero-order valence-corrected chi connectivity index (χ0v) is 12.6. The zero-order valence-electron chi connectivity index (χ0n) is 10.3. The Kier molecular flexibility index (Phi) is 5.11. The largest absolute Gasteiger partial charge is 0.456 e. The Morgan fingerprint density at radius 3 is 2.35 bits per heavy atom. The molecule has 106 valence electrons. The van der Waals surface area contributed by atoms with Crippen LogP contribution in [0.1, 0.15) is 5.56 Å². The van der Waals surface area contributed by atoms with E-state index in [4.69, 9.17) is 45.3 Å². The molecule has 0 fully saturated rings. The Balaban J connectivity index is 2.32. The lowest BCUT2D eigenvalue weighted by Crippen LogP contribution is -2.03. The van der Waals surface area contributed by atoms with E-state index < -0.39 is 5.82 Å². The summed E-state index contributed by atoms with van der Waals surface area (Å²) in [5.41, 5.74) is 6.21. The molecule has 2 aromatic carbocycles. The van der Waals surface area contributed by atoms with Gasteiger partial charge >= 0.3 is 0 Å². The van der Waals surface area contributed by atoms with Crippen LogP contribution in [0.2, 0.25) is 15.1 Å². The maximum Gasteiger partial charge on any atom is 0.147 e. The fourth-order valence-corrected chi connectivity index (χ4v) is 2.28. The van der Waals surface area contributed by atoms with Crippen LogP contribution in [0, 0.1) is 5.82 Å². The average molecular weight is 335 g/mol. The van der Waals surface area contributed by atoms with E-state index in [9.17, 15) is 4.39 Å². The predicted octanol–water partition coefficient (Wildman–Crippen LogP) is 5.08. The summed E-state index contributed by atoms with van der Waals surface area (Å²) in [6.45, 7) is 0.427. The van der Waals surface area contributed by atoms with Crippen molar-refractivity contribution in [3.63, 3.8) is 0 Å². The Morgan fingerprint density at radius 2 is 1.65 bits per heavy atom. The van der Waals surface area contributed by atoms with Crippen LogP contribution in [0.3, 0.4) is 0 Å². The highest BCUT2D eigenvalue weighted by molar-refractivity contribution is 6.43. The molecule has 2 N–H and O–H groups in total. The summed E-state index contributed by atoms with van der Waals surface area (Å²) in [5.74, 6) is 0.237. The molecule has 0 unspecified atom stereocenters. The SMILES string of the molecule is NCCc1cc(F)cc(Oc2cc(Cl)c(Cl)cc2Cl)c1. The molecule has 0 aliphatic carbocycles. The smallest absolute Gasteiger partial charge is 0.147 e. The number of ether oxygens (including phenoxy) is 1. The second-order valence-electron chi connectivity index (χ2n) is 4.13. The molecule has 0 heterocycles. The van der Waals surface area contributed by atoms with E-state index in [0.29, 0.717) is 39.5 Å². The first-order valence-corrected chi connectivity index (χ1v) is 6.95. The monoisotopic (exact) mass is 333 g/mol. The summed E-state index contributed by atoms with van der Waals surface area (Å²) in [6.07, 6.45) is 0.559. The molecular formula is C14H11Cl3FNO. The van der Waals surface area contributed by atoms with Gasteiger partial charge in [-0.3, -0.25) is 0 Å². The maximum atomic E-state index is 13.5. The Labute approximate surface area is 131 Å². The number of hydrogen-bond donors (Lipinski definition) is 1. The number of hydrogen-bond acceptors (Lipinski definition) is 2. The molecule has 0 aliphatic heterocycles. The second-order valence-corrected chi connectivity index (χ2v) is 5.35. The molecular weight excluding hydrogens is 324 g/mol. The Bertz CT molecular complexity index is 634. The number of rotatable bonds is 4. The van der Waals surface area contributed by atoms with Gasteiger partial charge in [-0.2, -0.15) is 0 Å². The third-order valence-corrected chi connectivity index (χ3v) is 3.58. The molecule has 0 saturated carbocycles. The lowest BCUT2D eigenvalue weighted by Gasteiger charge is -2.10. The average Bonchev–Trinajstić information content (AvgIpc) is 2.35. The summed E-state index contributed by atoms with van der Waals surface area (Å²) in [6, 6.07) is 7.34. The molecule has 2 nitrogen and oxygen atoms in total. The topological polar surface area (TPSA) is 35.2 Å². The standard InChI is InChI=1S/C14H11Cl3FNO/c15-11-6-13(17)14(7-12(11)16)20-10-4-8(1-2-19)3-9(18)5-10/h3-7H,1-2,19H2. The van der Waals surface area contributed by atoms with E-state index in [2.05, 4.69) is 0 Å². The fourth-order valence-electron chi connectivity index (χ4n) is 1.70. The van der Waals surface area contributed by atoms with Crippen molar-refractivity contribution in [2.45, 2.75) is 6.42 Å². The van der Waals surface area contributed by atoms with Gasteiger partial charge in [-0.25, -0.2) is 4.39 Å². The first-order valence-electron chi connectivity index (χ1n) is 5.81. The molecule has 0 aliphatic rings. The lowest BCUT2D eigenvalue weighted by atomic mass is 10.1. The van der Waals surface area contributed by atoms with Crippen LogP contribution in [0.25, 0.3) is 0 Å². The van der Waals surface area contributed by atoms with Gasteiger partial charge in [-0.05, 0) is 36.7 Å². The zero-order chi connectivity index (χ0) is 14.7. The van der Waals surface area contributed by atoms with Gasteiger partial charge in [-0.1, -0.05) is 34.8 Å². The summed E-state index contributed by atoms with van der Waals surface area (Å²) >= 11 is 17.7. The molecule has 0 bridgehead atoms. The van der Waals surface area contributed by atoms with Crippen molar-refractivity contribution in [1.82, 2.24) is 0 Å². The first kappa shape index (κ1) is 15.4. The van der Waals surface area contributed by atoms with Crippen molar-refractivity contribution < 1.29 is 9.13 Å². The Morgan fingerprint density at radius 1 is 0.950 bits per heavy atom. The van der Waals surface area contributed by atoms with Crippen molar-refractivity contribution in [2.24, 2.45) is 5.73 Å². The molecule has 0 spiro atoms. The van der Waals surface area contributed by atoms with Gasteiger partial charge in [0.1, 0.15) is 17.3 Å². The maximum absolute atomic E-state index is 13.5. The summed E-state index contributed by atoms with van der Waals surface area (Å²) in [7, 11) is 0. The van der Waals surface area contributed by atoms with Crippen LogP contribution >= 0.6 is 34.8 Å². The van der Waals surface area contributed by atoms with Gasteiger partial charge in [0.05, 0.1) is 15.1 Å². The minimum atomic E-state index is -0.401. The predicted molar refractivity (Wildman–Crippen MR) is 80.7 cm³/mol. The summed E-state index contributed by atoms with van der Waals surface area (Å²) < 4.78 is 19.1. The molecule has 0 amide bonds. The molecule has 20 heavy (non-hydrogen) atoms. The molecule has 0 aromatic heterocycles. The summed E-state index contributed by atoms with van der Waals surface area (Å²) in [5, 5.41) is 0.931. The van der Waals surface area contributed by atoms with Crippen LogP contribution in [0.4, 0.5) is 4.39 Å². The molecule has 2 rings (SSSR count). The van der Waals surface area contributed by atoms with Crippen molar-refractivity contribution >= 4 is 34.8 Å². The van der Waals surface area contributed by atoms with Crippen LogP contribution in [-0.4, -0.2) is 6.54 Å². The van der Waals surface area contributed by atoms with Crippen molar-refractivity contribution in [1.29, 1.82) is 0 Å². The van der Waals surface area contributed by atoms with E-state index >= 15 is 0 Å². The van der Waals surface area contributed by atoms with E-state index in [-0.39, 0.29) is 0 Å². The van der Waals surface area contributed by atoms with Crippen LogP contribution < -0.4 is 10.5 Å². The van der Waals surface area contributed by atoms with Gasteiger partial charge in [0.25, 0.3) is 0 Å². The van der Waals surface area contributed by atoms with Crippen LogP contribution in [-0.2, 0) is 6.42 Å². The minimum absolute atomic E-state index is 0.295. The number of halogens is 4. The lowest BCUT2D eigenvalue weighted by molar-refractivity contribution is 0.476. The minimum Gasteiger partial charge on any atom is -0.456 e. The van der Waals surface area contributed by atoms with Crippen molar-refractivity contribution in [3.8, 4) is 11.5 Å². The Hall–Kier alpha value is -1.000. The third-order valence-electron chi connectivity index (χ3n) is 2.57. The van der Waals surface area contributed by atoms with E-state index in [0.717, 1.165) is 5.56 Å². The number of nitrogens with two attached hydrogens (primary N) is 1. The highest BCUT2D eigenvalue weighted by atomic mass is 35.5. The van der Waals surface area contributed by atoms with Crippen molar-refractivity contribution in [2.75, 3.05) is 6.54 Å². The van der Waals surface area contributed by atoms with Gasteiger partial charge in [0, 0.05) is 12.1 Å². The highest BCUT2D eigenvalue weighted by Gasteiger charge is 2.09.